The Morgan fingerprint density at radius 3 is 2.07 bits per heavy atom. The fraction of sp³-hybridized carbons (Fsp3) is 0.444. The zero-order valence-corrected chi connectivity index (χ0v) is 9.47. The van der Waals surface area contributed by atoms with Crippen LogP contribution >= 0.6 is 0 Å². The van der Waals surface area contributed by atoms with Gasteiger partial charge in [-0.05, 0) is 26.8 Å². The SMILES string of the molecule is CC(=O)c1cc(C)n(S(C)(=O)=O)c1C. The van der Waals surface area contributed by atoms with E-state index in [1.807, 2.05) is 0 Å². The lowest BCUT2D eigenvalue weighted by Crippen LogP contribution is -2.13. The minimum Gasteiger partial charge on any atom is -0.294 e. The summed E-state index contributed by atoms with van der Waals surface area (Å²) in [6.07, 6.45) is 1.12. The molecular weight excluding hydrogens is 202 g/mol. The quantitative estimate of drug-likeness (QED) is 0.694. The summed E-state index contributed by atoms with van der Waals surface area (Å²) in [7, 11) is -3.31. The monoisotopic (exact) mass is 215 g/mol. The lowest BCUT2D eigenvalue weighted by atomic mass is 10.2. The first kappa shape index (κ1) is 11.0. The Balaban J connectivity index is 3.56. The smallest absolute Gasteiger partial charge is 0.236 e. The largest absolute Gasteiger partial charge is 0.294 e. The van der Waals surface area contributed by atoms with E-state index in [0.717, 1.165) is 6.26 Å². The first-order valence-electron chi connectivity index (χ1n) is 4.15. The van der Waals surface area contributed by atoms with Crippen molar-refractivity contribution in [2.45, 2.75) is 20.8 Å². The average Bonchev–Trinajstić information content (AvgIpc) is 2.24. The highest BCUT2D eigenvalue weighted by Gasteiger charge is 2.17. The number of hydrogen-bond donors (Lipinski definition) is 0. The summed E-state index contributed by atoms with van der Waals surface area (Å²) in [6.45, 7) is 4.72. The second kappa shape index (κ2) is 3.24. The molecule has 4 nitrogen and oxygen atoms in total. The molecule has 1 aromatic heterocycles. The van der Waals surface area contributed by atoms with E-state index in [0.29, 0.717) is 17.0 Å². The zero-order chi connectivity index (χ0) is 11.1. The molecule has 0 saturated heterocycles. The molecule has 14 heavy (non-hydrogen) atoms. The molecule has 5 heteroatoms. The number of ketones is 1. The summed E-state index contributed by atoms with van der Waals surface area (Å²) in [4.78, 5) is 11.2. The van der Waals surface area contributed by atoms with Crippen LogP contribution < -0.4 is 0 Å². The summed E-state index contributed by atoms with van der Waals surface area (Å²) in [5.41, 5.74) is 1.51. The van der Waals surface area contributed by atoms with Crippen molar-refractivity contribution in [2.75, 3.05) is 6.26 Å². The maximum atomic E-state index is 11.4. The molecule has 0 amide bonds. The molecule has 0 N–H and O–H groups in total. The van der Waals surface area contributed by atoms with E-state index in [-0.39, 0.29) is 5.78 Å². The molecule has 0 bridgehead atoms. The van der Waals surface area contributed by atoms with Crippen LogP contribution in [0.5, 0.6) is 0 Å². The first-order chi connectivity index (χ1) is 6.25. The highest BCUT2D eigenvalue weighted by Crippen LogP contribution is 2.17. The van der Waals surface area contributed by atoms with Gasteiger partial charge in [-0.15, -0.1) is 0 Å². The molecule has 0 aliphatic rings. The van der Waals surface area contributed by atoms with E-state index in [2.05, 4.69) is 0 Å². The van der Waals surface area contributed by atoms with E-state index in [9.17, 15) is 13.2 Å². The summed E-state index contributed by atoms with van der Waals surface area (Å²) < 4.78 is 23.9. The van der Waals surface area contributed by atoms with Gasteiger partial charge in [0.25, 0.3) is 0 Å². The van der Waals surface area contributed by atoms with Crippen molar-refractivity contribution in [2.24, 2.45) is 0 Å². The Morgan fingerprint density at radius 2 is 1.86 bits per heavy atom. The summed E-state index contributed by atoms with van der Waals surface area (Å²) in [5, 5.41) is 0. The van der Waals surface area contributed by atoms with Crippen LogP contribution in [0.2, 0.25) is 0 Å². The maximum absolute atomic E-state index is 11.4. The summed E-state index contributed by atoms with van der Waals surface area (Å²) >= 11 is 0. The Labute approximate surface area is 83.6 Å². The number of hydrogen-bond acceptors (Lipinski definition) is 3. The van der Waals surface area contributed by atoms with Gasteiger partial charge in [-0.3, -0.25) is 4.79 Å². The Kier molecular flexibility index (Phi) is 2.54. The van der Waals surface area contributed by atoms with Crippen molar-refractivity contribution in [3.63, 3.8) is 0 Å². The predicted molar refractivity (Wildman–Crippen MR) is 54.2 cm³/mol. The number of aryl methyl sites for hydroxylation is 1. The van der Waals surface area contributed by atoms with E-state index in [4.69, 9.17) is 0 Å². The van der Waals surface area contributed by atoms with Gasteiger partial charge in [0.2, 0.25) is 10.0 Å². The lowest BCUT2D eigenvalue weighted by molar-refractivity contribution is 0.101. The third-order valence-corrected chi connectivity index (χ3v) is 3.30. The highest BCUT2D eigenvalue weighted by molar-refractivity contribution is 7.89. The van der Waals surface area contributed by atoms with Gasteiger partial charge >= 0.3 is 0 Å². The average molecular weight is 215 g/mol. The molecule has 0 spiro atoms. The minimum atomic E-state index is -3.31. The van der Waals surface area contributed by atoms with Crippen molar-refractivity contribution in [3.8, 4) is 0 Å². The van der Waals surface area contributed by atoms with Crippen molar-refractivity contribution >= 4 is 15.8 Å². The molecule has 1 aromatic rings. The minimum absolute atomic E-state index is 0.118. The molecular formula is C9H13NO3S. The fourth-order valence-electron chi connectivity index (χ4n) is 1.61. The summed E-state index contributed by atoms with van der Waals surface area (Å²) in [5.74, 6) is -0.118. The van der Waals surface area contributed by atoms with Crippen LogP contribution in [0.1, 0.15) is 28.7 Å². The van der Waals surface area contributed by atoms with Gasteiger partial charge < -0.3 is 0 Å². The zero-order valence-electron chi connectivity index (χ0n) is 8.66. The fourth-order valence-corrected chi connectivity index (χ4v) is 2.78. The number of nitrogens with zero attached hydrogens (tertiary/aromatic N) is 1. The van der Waals surface area contributed by atoms with Gasteiger partial charge in [0.15, 0.2) is 5.78 Å². The molecule has 0 saturated carbocycles. The third-order valence-electron chi connectivity index (χ3n) is 2.08. The topological polar surface area (TPSA) is 56.1 Å². The lowest BCUT2D eigenvalue weighted by Gasteiger charge is -2.05. The standard InChI is InChI=1S/C9H13NO3S/c1-6-5-9(8(3)11)7(2)10(6)14(4,12)13/h5H,1-4H3. The number of carbonyl (C=O) groups is 1. The molecule has 78 valence electrons. The predicted octanol–water partition coefficient (Wildman–Crippen LogP) is 1.12. The van der Waals surface area contributed by atoms with Gasteiger partial charge in [-0.1, -0.05) is 0 Å². The van der Waals surface area contributed by atoms with Gasteiger partial charge in [-0.25, -0.2) is 12.4 Å². The molecule has 0 atom stereocenters. The van der Waals surface area contributed by atoms with Gasteiger partial charge in [0.1, 0.15) is 0 Å². The number of carbonyl (C=O) groups excluding carboxylic acids is 1. The van der Waals surface area contributed by atoms with Crippen molar-refractivity contribution in [1.29, 1.82) is 0 Å². The van der Waals surface area contributed by atoms with Crippen LogP contribution in [0.25, 0.3) is 0 Å². The van der Waals surface area contributed by atoms with Crippen molar-refractivity contribution in [3.05, 3.63) is 23.0 Å². The number of aromatic nitrogens is 1. The van der Waals surface area contributed by atoms with Crippen LogP contribution in [0.4, 0.5) is 0 Å². The van der Waals surface area contributed by atoms with Gasteiger partial charge in [0, 0.05) is 17.0 Å². The van der Waals surface area contributed by atoms with Crippen LogP contribution in [0, 0.1) is 13.8 Å². The second-order valence-electron chi connectivity index (χ2n) is 3.37. The molecule has 0 aliphatic heterocycles. The molecule has 0 fully saturated rings. The van der Waals surface area contributed by atoms with Crippen molar-refractivity contribution < 1.29 is 13.2 Å². The molecule has 1 rings (SSSR count). The first-order valence-corrected chi connectivity index (χ1v) is 6.00. The Hall–Kier alpha value is -1.10. The Morgan fingerprint density at radius 1 is 1.36 bits per heavy atom. The maximum Gasteiger partial charge on any atom is 0.236 e. The molecule has 0 unspecified atom stereocenters. The molecule has 0 radical (unpaired) electrons. The van der Waals surface area contributed by atoms with E-state index in [1.54, 1.807) is 19.9 Å². The third kappa shape index (κ3) is 1.72. The van der Waals surface area contributed by atoms with Crippen LogP contribution in [-0.2, 0) is 10.0 Å². The van der Waals surface area contributed by atoms with E-state index in [1.165, 1.54) is 10.9 Å². The van der Waals surface area contributed by atoms with Gasteiger partial charge in [-0.2, -0.15) is 0 Å². The van der Waals surface area contributed by atoms with E-state index >= 15 is 0 Å². The molecule has 0 aliphatic carbocycles. The van der Waals surface area contributed by atoms with E-state index < -0.39 is 10.0 Å². The normalized spacial score (nSPS) is 11.7. The molecule has 0 aromatic carbocycles. The molecule has 1 heterocycles. The van der Waals surface area contributed by atoms with Crippen LogP contribution in [0.3, 0.4) is 0 Å². The van der Waals surface area contributed by atoms with Crippen LogP contribution in [0.15, 0.2) is 6.07 Å². The van der Waals surface area contributed by atoms with Crippen molar-refractivity contribution in [1.82, 2.24) is 3.97 Å². The summed E-state index contributed by atoms with van der Waals surface area (Å²) in [6, 6.07) is 1.60. The number of Topliss-reactive ketones (excluding diaryl/α,β-unsaturated/α-hetero) is 1. The van der Waals surface area contributed by atoms with Crippen LogP contribution in [-0.4, -0.2) is 24.4 Å². The number of rotatable bonds is 2. The van der Waals surface area contributed by atoms with Gasteiger partial charge in [0.05, 0.1) is 6.26 Å². The second-order valence-corrected chi connectivity index (χ2v) is 5.20. The Bertz CT molecular complexity index is 482. The highest BCUT2D eigenvalue weighted by atomic mass is 32.2.